The summed E-state index contributed by atoms with van der Waals surface area (Å²) in [4.78, 5) is 4.12. The van der Waals surface area contributed by atoms with E-state index in [0.29, 0.717) is 5.88 Å². The summed E-state index contributed by atoms with van der Waals surface area (Å²) >= 11 is 5.67. The van der Waals surface area contributed by atoms with E-state index in [9.17, 15) is 0 Å². The number of unbranched alkanes of at least 4 members (excludes halogenated alkanes) is 1. The van der Waals surface area contributed by atoms with Crippen molar-refractivity contribution in [2.24, 2.45) is 0 Å². The Hall–Kier alpha value is -0.210. The van der Waals surface area contributed by atoms with Crippen molar-refractivity contribution in [3.05, 3.63) is 18.2 Å². The van der Waals surface area contributed by atoms with Gasteiger partial charge in [-0.05, 0) is 6.42 Å². The van der Waals surface area contributed by atoms with Crippen molar-refractivity contribution in [3.63, 3.8) is 0 Å². The first-order chi connectivity index (χ1) is 5.38. The van der Waals surface area contributed by atoms with Crippen LogP contribution in [0.2, 0.25) is 0 Å². The molecule has 0 N–H and O–H groups in total. The molecule has 70 valence electrons. The highest BCUT2D eigenvalue weighted by molar-refractivity contribution is 6.16. The smallest absolute Gasteiger partial charge is 0.123 e. The van der Waals surface area contributed by atoms with Crippen molar-refractivity contribution in [3.8, 4) is 0 Å². The second-order valence-corrected chi connectivity index (χ2v) is 2.79. The molecule has 0 saturated carbocycles. The molecule has 1 rings (SSSR count). The molecule has 1 heterocycles. The summed E-state index contributed by atoms with van der Waals surface area (Å²) in [6, 6.07) is 0. The van der Waals surface area contributed by atoms with Crippen LogP contribution >= 0.6 is 24.0 Å². The minimum Gasteiger partial charge on any atom is -0.334 e. The van der Waals surface area contributed by atoms with E-state index in [0.717, 1.165) is 12.4 Å². The zero-order valence-corrected chi connectivity index (χ0v) is 8.74. The molecule has 0 aliphatic heterocycles. The molecule has 1 aromatic heterocycles. The first-order valence-corrected chi connectivity index (χ1v) is 4.48. The van der Waals surface area contributed by atoms with Crippen LogP contribution in [-0.2, 0) is 12.4 Å². The predicted octanol–water partition coefficient (Wildman–Crippen LogP) is 2.84. The summed E-state index contributed by atoms with van der Waals surface area (Å²) in [7, 11) is 0. The number of halogens is 2. The van der Waals surface area contributed by atoms with Gasteiger partial charge in [-0.3, -0.25) is 0 Å². The van der Waals surface area contributed by atoms with E-state index < -0.39 is 0 Å². The van der Waals surface area contributed by atoms with Gasteiger partial charge in [0.15, 0.2) is 0 Å². The quantitative estimate of drug-likeness (QED) is 0.697. The van der Waals surface area contributed by atoms with Gasteiger partial charge in [0.2, 0.25) is 0 Å². The maximum atomic E-state index is 5.67. The fourth-order valence-electron chi connectivity index (χ4n) is 1.00. The zero-order chi connectivity index (χ0) is 8.10. The molecular weight excluding hydrogens is 195 g/mol. The van der Waals surface area contributed by atoms with Gasteiger partial charge in [-0.1, -0.05) is 13.3 Å². The summed E-state index contributed by atoms with van der Waals surface area (Å²) in [6.07, 6.45) is 6.18. The van der Waals surface area contributed by atoms with Gasteiger partial charge >= 0.3 is 0 Å². The Morgan fingerprint density at radius 3 is 2.92 bits per heavy atom. The molecular formula is C8H14Cl2N2. The zero-order valence-electron chi connectivity index (χ0n) is 7.16. The largest absolute Gasteiger partial charge is 0.334 e. The van der Waals surface area contributed by atoms with Crippen molar-refractivity contribution in [2.45, 2.75) is 32.2 Å². The number of alkyl halides is 1. The number of nitrogens with zero attached hydrogens (tertiary/aromatic N) is 2. The summed E-state index contributed by atoms with van der Waals surface area (Å²) in [5, 5.41) is 0. The molecule has 0 saturated heterocycles. The van der Waals surface area contributed by atoms with E-state index in [4.69, 9.17) is 11.6 Å². The molecule has 0 amide bonds. The molecule has 1 aromatic rings. The Labute approximate surface area is 84.4 Å². The second kappa shape index (κ2) is 6.32. The van der Waals surface area contributed by atoms with Crippen molar-refractivity contribution in [2.75, 3.05) is 0 Å². The third-order valence-corrected chi connectivity index (χ3v) is 1.91. The van der Waals surface area contributed by atoms with Gasteiger partial charge in [0.05, 0.1) is 5.88 Å². The van der Waals surface area contributed by atoms with E-state index in [2.05, 4.69) is 16.5 Å². The monoisotopic (exact) mass is 208 g/mol. The minimum atomic E-state index is 0. The summed E-state index contributed by atoms with van der Waals surface area (Å²) in [6.45, 7) is 3.22. The molecule has 0 bridgehead atoms. The summed E-state index contributed by atoms with van der Waals surface area (Å²) in [5.41, 5.74) is 0. The molecule has 0 unspecified atom stereocenters. The fraction of sp³-hybridized carbons (Fsp3) is 0.625. The molecule has 0 radical (unpaired) electrons. The first-order valence-electron chi connectivity index (χ1n) is 3.94. The molecule has 4 heteroatoms. The van der Waals surface area contributed by atoms with Gasteiger partial charge in [0.1, 0.15) is 5.82 Å². The molecule has 0 aliphatic carbocycles. The summed E-state index contributed by atoms with van der Waals surface area (Å²) in [5.74, 6) is 1.48. The van der Waals surface area contributed by atoms with Crippen LogP contribution < -0.4 is 0 Å². The molecule has 12 heavy (non-hydrogen) atoms. The first kappa shape index (κ1) is 11.8. The fourth-order valence-corrected chi connectivity index (χ4v) is 1.23. The number of imidazole rings is 1. The number of aryl methyl sites for hydroxylation is 1. The second-order valence-electron chi connectivity index (χ2n) is 2.52. The van der Waals surface area contributed by atoms with E-state index in [1.165, 1.54) is 12.8 Å². The Morgan fingerprint density at radius 2 is 2.33 bits per heavy atom. The van der Waals surface area contributed by atoms with Crippen molar-refractivity contribution >= 4 is 24.0 Å². The SMILES string of the molecule is CCCCn1ccnc1CCl.Cl. The Kier molecular flexibility index (Phi) is 6.21. The number of rotatable bonds is 4. The predicted molar refractivity (Wildman–Crippen MR) is 53.9 cm³/mol. The lowest BCUT2D eigenvalue weighted by Crippen LogP contribution is -2.00. The standard InChI is InChI=1S/C8H13ClN2.ClH/c1-2-3-5-11-6-4-10-8(11)7-9;/h4,6H,2-3,5,7H2,1H3;1H. The number of aromatic nitrogens is 2. The van der Waals surface area contributed by atoms with Crippen LogP contribution in [0, 0.1) is 0 Å². The average Bonchev–Trinajstić information content (AvgIpc) is 2.47. The highest BCUT2D eigenvalue weighted by atomic mass is 35.5. The van der Waals surface area contributed by atoms with Crippen LogP contribution in [0.25, 0.3) is 0 Å². The molecule has 0 fully saturated rings. The Balaban J connectivity index is 0.00000121. The lowest BCUT2D eigenvalue weighted by molar-refractivity contribution is 0.614. The lowest BCUT2D eigenvalue weighted by Gasteiger charge is -2.02. The van der Waals surface area contributed by atoms with Gasteiger partial charge in [-0.25, -0.2) is 4.98 Å². The maximum Gasteiger partial charge on any atom is 0.123 e. The molecule has 0 aromatic carbocycles. The molecule has 0 spiro atoms. The molecule has 2 nitrogen and oxygen atoms in total. The van der Waals surface area contributed by atoms with Crippen molar-refractivity contribution in [1.82, 2.24) is 9.55 Å². The normalized spacial score (nSPS) is 9.50. The van der Waals surface area contributed by atoms with E-state index in [1.54, 1.807) is 6.20 Å². The van der Waals surface area contributed by atoms with Crippen molar-refractivity contribution in [1.29, 1.82) is 0 Å². The van der Waals surface area contributed by atoms with Crippen LogP contribution in [0.4, 0.5) is 0 Å². The number of hydrogen-bond donors (Lipinski definition) is 0. The van der Waals surface area contributed by atoms with Crippen LogP contribution in [0.1, 0.15) is 25.6 Å². The maximum absolute atomic E-state index is 5.67. The third kappa shape index (κ3) is 3.03. The van der Waals surface area contributed by atoms with E-state index in [-0.39, 0.29) is 12.4 Å². The van der Waals surface area contributed by atoms with Crippen LogP contribution in [-0.4, -0.2) is 9.55 Å². The topological polar surface area (TPSA) is 17.8 Å². The van der Waals surface area contributed by atoms with E-state index >= 15 is 0 Å². The third-order valence-electron chi connectivity index (χ3n) is 1.67. The van der Waals surface area contributed by atoms with Crippen LogP contribution in [0.5, 0.6) is 0 Å². The van der Waals surface area contributed by atoms with Crippen LogP contribution in [0.15, 0.2) is 12.4 Å². The number of hydrogen-bond acceptors (Lipinski definition) is 1. The highest BCUT2D eigenvalue weighted by Crippen LogP contribution is 2.03. The van der Waals surface area contributed by atoms with Gasteiger partial charge in [0.25, 0.3) is 0 Å². The van der Waals surface area contributed by atoms with Gasteiger partial charge in [0, 0.05) is 18.9 Å². The van der Waals surface area contributed by atoms with Gasteiger partial charge < -0.3 is 4.57 Å². The molecule has 0 aliphatic rings. The Morgan fingerprint density at radius 1 is 1.58 bits per heavy atom. The van der Waals surface area contributed by atoms with Crippen molar-refractivity contribution < 1.29 is 0 Å². The lowest BCUT2D eigenvalue weighted by atomic mass is 10.3. The van der Waals surface area contributed by atoms with Gasteiger partial charge in [-0.2, -0.15) is 0 Å². The summed E-state index contributed by atoms with van der Waals surface area (Å²) < 4.78 is 2.11. The molecule has 0 atom stereocenters. The average molecular weight is 209 g/mol. The van der Waals surface area contributed by atoms with Gasteiger partial charge in [-0.15, -0.1) is 24.0 Å². The van der Waals surface area contributed by atoms with Crippen LogP contribution in [0.3, 0.4) is 0 Å². The Bertz CT molecular complexity index is 211. The van der Waals surface area contributed by atoms with E-state index in [1.807, 2.05) is 6.20 Å². The highest BCUT2D eigenvalue weighted by Gasteiger charge is 1.98. The minimum absolute atomic E-state index is 0.